The monoisotopic (exact) mass is 418 g/mol. The van der Waals surface area contributed by atoms with Crippen molar-refractivity contribution in [2.24, 2.45) is 0 Å². The summed E-state index contributed by atoms with van der Waals surface area (Å²) in [6, 6.07) is 11.5. The molecule has 4 rings (SSSR count). The van der Waals surface area contributed by atoms with Crippen LogP contribution in [0.25, 0.3) is 0 Å². The molecular weight excluding hydrogens is 400 g/mol. The highest BCUT2D eigenvalue weighted by atomic mass is 32.2. The molecule has 0 atom stereocenters. The molecule has 0 spiro atoms. The molecule has 1 aromatic heterocycles. The number of nitrogens with one attached hydrogen (secondary N) is 1. The van der Waals surface area contributed by atoms with Gasteiger partial charge in [0.2, 0.25) is 0 Å². The van der Waals surface area contributed by atoms with E-state index in [9.17, 15) is 8.42 Å². The smallest absolute Gasteiger partial charge is 0.262 e. The zero-order valence-electron chi connectivity index (χ0n) is 14.8. The average Bonchev–Trinajstić information content (AvgIpc) is 3.10. The zero-order chi connectivity index (χ0) is 19.4. The van der Waals surface area contributed by atoms with Crippen LogP contribution in [0.2, 0.25) is 0 Å². The first kappa shape index (κ1) is 18.6. The number of aromatic nitrogens is 1. The number of anilines is 1. The van der Waals surface area contributed by atoms with E-state index in [0.29, 0.717) is 36.1 Å². The fourth-order valence-corrected chi connectivity index (χ4v) is 4.28. The summed E-state index contributed by atoms with van der Waals surface area (Å²) in [7, 11) is -3.83. The van der Waals surface area contributed by atoms with Gasteiger partial charge in [-0.05, 0) is 24.3 Å². The van der Waals surface area contributed by atoms with Crippen LogP contribution in [0.5, 0.6) is 17.2 Å². The van der Waals surface area contributed by atoms with Gasteiger partial charge in [0, 0.05) is 17.9 Å². The molecule has 28 heavy (non-hydrogen) atoms. The number of nitrogens with zero attached hydrogens (tertiary/aromatic N) is 1. The molecule has 0 unspecified atom stereocenters. The second-order valence-corrected chi connectivity index (χ2v) is 8.43. The highest BCUT2D eigenvalue weighted by molar-refractivity contribution is 7.92. The molecule has 7 nitrogen and oxygen atoms in total. The number of ether oxygens (including phenoxy) is 3. The van der Waals surface area contributed by atoms with Gasteiger partial charge in [-0.2, -0.15) is 0 Å². The Balaban J connectivity index is 1.56. The van der Waals surface area contributed by atoms with Gasteiger partial charge in [0.1, 0.15) is 12.4 Å². The normalized spacial score (nSPS) is 13.6. The second kappa shape index (κ2) is 8.07. The maximum Gasteiger partial charge on any atom is 0.262 e. The van der Waals surface area contributed by atoms with Crippen LogP contribution in [0.3, 0.4) is 0 Å². The minimum atomic E-state index is -3.83. The number of hydrogen-bond donors (Lipinski definition) is 1. The molecule has 3 aromatic rings. The van der Waals surface area contributed by atoms with Gasteiger partial charge < -0.3 is 14.2 Å². The van der Waals surface area contributed by atoms with Gasteiger partial charge in [-0.3, -0.25) is 4.72 Å². The lowest BCUT2D eigenvalue weighted by Crippen LogP contribution is -2.14. The van der Waals surface area contributed by atoms with Crippen LogP contribution in [-0.4, -0.2) is 26.6 Å². The Bertz CT molecular complexity index is 1050. The van der Waals surface area contributed by atoms with Gasteiger partial charge in [-0.15, -0.1) is 11.3 Å². The minimum absolute atomic E-state index is 0.0889. The van der Waals surface area contributed by atoms with Crippen molar-refractivity contribution in [1.82, 2.24) is 4.98 Å². The van der Waals surface area contributed by atoms with E-state index in [1.165, 1.54) is 23.5 Å². The molecule has 0 bridgehead atoms. The number of para-hydroxylation sites is 2. The van der Waals surface area contributed by atoms with Crippen LogP contribution >= 0.6 is 11.3 Å². The van der Waals surface area contributed by atoms with E-state index in [1.54, 1.807) is 35.8 Å². The third-order valence-electron chi connectivity index (χ3n) is 4.02. The first-order chi connectivity index (χ1) is 13.6. The van der Waals surface area contributed by atoms with Crippen LogP contribution in [0, 0.1) is 0 Å². The van der Waals surface area contributed by atoms with Gasteiger partial charge in [0.25, 0.3) is 10.0 Å². The standard InChI is InChI=1S/C19H18N2O5S2/c22-28(23,15-6-7-18-19(10-15)25-9-3-8-24-18)21-16-4-1-2-5-17(16)26-11-14-12-27-13-20-14/h1-2,4-7,10,12-13,21H,3,8-9,11H2. The largest absolute Gasteiger partial charge is 0.490 e. The molecule has 146 valence electrons. The third kappa shape index (κ3) is 4.20. The molecule has 0 radical (unpaired) electrons. The summed E-state index contributed by atoms with van der Waals surface area (Å²) in [6.07, 6.45) is 0.749. The molecule has 0 amide bonds. The first-order valence-corrected chi connectivity index (χ1v) is 11.1. The van der Waals surface area contributed by atoms with Crippen molar-refractivity contribution < 1.29 is 22.6 Å². The molecule has 0 saturated carbocycles. The summed E-state index contributed by atoms with van der Waals surface area (Å²) in [5, 5.41) is 1.88. The second-order valence-electron chi connectivity index (χ2n) is 6.03. The van der Waals surface area contributed by atoms with Crippen LogP contribution in [0.4, 0.5) is 5.69 Å². The minimum Gasteiger partial charge on any atom is -0.490 e. The van der Waals surface area contributed by atoms with E-state index in [4.69, 9.17) is 14.2 Å². The lowest BCUT2D eigenvalue weighted by atomic mass is 10.3. The summed E-state index contributed by atoms with van der Waals surface area (Å²) in [4.78, 5) is 4.25. The summed E-state index contributed by atoms with van der Waals surface area (Å²) in [6.45, 7) is 1.28. The Morgan fingerprint density at radius 1 is 1.11 bits per heavy atom. The topological polar surface area (TPSA) is 86.8 Å². The molecule has 1 N–H and O–H groups in total. The molecule has 2 aromatic carbocycles. The van der Waals surface area contributed by atoms with Crippen LogP contribution in [0.15, 0.2) is 58.3 Å². The van der Waals surface area contributed by atoms with Crippen molar-refractivity contribution in [1.29, 1.82) is 0 Å². The summed E-state index contributed by atoms with van der Waals surface area (Å²) in [5.41, 5.74) is 2.85. The lowest BCUT2D eigenvalue weighted by Gasteiger charge is -2.14. The van der Waals surface area contributed by atoms with E-state index >= 15 is 0 Å². The average molecular weight is 418 g/mol. The number of benzene rings is 2. The van der Waals surface area contributed by atoms with Crippen LogP contribution in [0.1, 0.15) is 12.1 Å². The van der Waals surface area contributed by atoms with Gasteiger partial charge in [-0.25, -0.2) is 13.4 Å². The highest BCUT2D eigenvalue weighted by Gasteiger charge is 2.20. The molecule has 2 heterocycles. The molecular formula is C19H18N2O5S2. The predicted molar refractivity (Wildman–Crippen MR) is 106 cm³/mol. The molecule has 0 saturated heterocycles. The first-order valence-electron chi connectivity index (χ1n) is 8.63. The summed E-state index contributed by atoms with van der Waals surface area (Å²) in [5.74, 6) is 1.39. The summed E-state index contributed by atoms with van der Waals surface area (Å²) < 4.78 is 45.2. The van der Waals surface area contributed by atoms with E-state index in [1.807, 2.05) is 5.38 Å². The number of rotatable bonds is 6. The molecule has 1 aliphatic rings. The SMILES string of the molecule is O=S(=O)(Nc1ccccc1OCc1cscn1)c1ccc2c(c1)OCCCO2. The zero-order valence-corrected chi connectivity index (χ0v) is 16.5. The van der Waals surface area contributed by atoms with E-state index in [-0.39, 0.29) is 11.5 Å². The van der Waals surface area contributed by atoms with Crippen LogP contribution < -0.4 is 18.9 Å². The number of thiazole rings is 1. The van der Waals surface area contributed by atoms with Crippen molar-refractivity contribution in [2.45, 2.75) is 17.9 Å². The molecule has 0 aliphatic carbocycles. The quantitative estimate of drug-likeness (QED) is 0.657. The molecule has 9 heteroatoms. The number of hydrogen-bond acceptors (Lipinski definition) is 7. The number of sulfonamides is 1. The van der Waals surface area contributed by atoms with Gasteiger partial charge >= 0.3 is 0 Å². The van der Waals surface area contributed by atoms with Gasteiger partial charge in [-0.1, -0.05) is 12.1 Å². The van der Waals surface area contributed by atoms with E-state index in [2.05, 4.69) is 9.71 Å². The third-order valence-corrected chi connectivity index (χ3v) is 6.02. The lowest BCUT2D eigenvalue weighted by molar-refractivity contribution is 0.297. The maximum absolute atomic E-state index is 12.9. The molecule has 0 fully saturated rings. The molecule has 1 aliphatic heterocycles. The Morgan fingerprint density at radius 2 is 1.93 bits per heavy atom. The Hall–Kier alpha value is -2.78. The van der Waals surface area contributed by atoms with Gasteiger partial charge in [0.15, 0.2) is 11.5 Å². The van der Waals surface area contributed by atoms with Crippen molar-refractivity contribution in [3.05, 3.63) is 59.0 Å². The fraction of sp³-hybridized carbons (Fsp3) is 0.211. The predicted octanol–water partition coefficient (Wildman–Crippen LogP) is 3.68. The maximum atomic E-state index is 12.9. The van der Waals surface area contributed by atoms with Crippen molar-refractivity contribution in [3.63, 3.8) is 0 Å². The van der Waals surface area contributed by atoms with E-state index < -0.39 is 10.0 Å². The van der Waals surface area contributed by atoms with E-state index in [0.717, 1.165) is 12.1 Å². The summed E-state index contributed by atoms with van der Waals surface area (Å²) >= 11 is 1.47. The Morgan fingerprint density at radius 3 is 2.75 bits per heavy atom. The fourth-order valence-electron chi connectivity index (χ4n) is 2.65. The van der Waals surface area contributed by atoms with Gasteiger partial charge in [0.05, 0.1) is 35.0 Å². The Labute approximate surface area is 167 Å². The van der Waals surface area contributed by atoms with Crippen molar-refractivity contribution in [3.8, 4) is 17.2 Å². The van der Waals surface area contributed by atoms with Crippen molar-refractivity contribution >= 4 is 27.0 Å². The Kier molecular flexibility index (Phi) is 5.36. The van der Waals surface area contributed by atoms with Crippen molar-refractivity contribution in [2.75, 3.05) is 17.9 Å². The van der Waals surface area contributed by atoms with Crippen LogP contribution in [-0.2, 0) is 16.6 Å². The number of fused-ring (bicyclic) bond motifs is 1. The highest BCUT2D eigenvalue weighted by Crippen LogP contribution is 2.33.